The van der Waals surface area contributed by atoms with Crippen LogP contribution in [0.1, 0.15) is 38.2 Å². The topological polar surface area (TPSA) is 82.9 Å². The van der Waals surface area contributed by atoms with Gasteiger partial charge in [-0.3, -0.25) is 0 Å². The predicted octanol–water partition coefficient (Wildman–Crippen LogP) is 2.55. The lowest BCUT2D eigenvalue weighted by molar-refractivity contribution is 0.143. The number of hydrogen-bond acceptors (Lipinski definition) is 5. The summed E-state index contributed by atoms with van der Waals surface area (Å²) in [6, 6.07) is 7.70. The van der Waals surface area contributed by atoms with E-state index >= 15 is 0 Å². The standard InChI is InChI=1S/C16H27N3O2/c1-2-20-12-5-3-4-6-16(19-21-13-11-17)14-7-9-15(18)10-8-14/h7-10H,2-6,11-13,17-18H2,1H3. The van der Waals surface area contributed by atoms with Crippen LogP contribution in [0, 0.1) is 0 Å². The highest BCUT2D eigenvalue weighted by Gasteiger charge is 2.05. The fraction of sp³-hybridized carbons (Fsp3) is 0.562. The first-order chi connectivity index (χ1) is 10.3. The fourth-order valence-electron chi connectivity index (χ4n) is 1.91. The van der Waals surface area contributed by atoms with E-state index in [0.29, 0.717) is 13.2 Å². The zero-order chi connectivity index (χ0) is 15.3. The molecule has 5 nitrogen and oxygen atoms in total. The van der Waals surface area contributed by atoms with Crippen molar-refractivity contribution in [2.24, 2.45) is 10.9 Å². The number of rotatable bonds is 11. The van der Waals surface area contributed by atoms with Gasteiger partial charge >= 0.3 is 0 Å². The molecule has 0 fully saturated rings. The van der Waals surface area contributed by atoms with Crippen molar-refractivity contribution in [3.05, 3.63) is 29.8 Å². The molecule has 118 valence electrons. The van der Waals surface area contributed by atoms with Gasteiger partial charge < -0.3 is 21.0 Å². The van der Waals surface area contributed by atoms with Gasteiger partial charge in [0.25, 0.3) is 0 Å². The Morgan fingerprint density at radius 2 is 1.86 bits per heavy atom. The first-order valence-corrected chi connectivity index (χ1v) is 7.60. The molecule has 0 heterocycles. The third-order valence-electron chi connectivity index (χ3n) is 3.03. The van der Waals surface area contributed by atoms with Crippen LogP contribution in [0.15, 0.2) is 29.4 Å². The molecule has 0 unspecified atom stereocenters. The summed E-state index contributed by atoms with van der Waals surface area (Å²) in [5, 5.41) is 4.21. The fourth-order valence-corrected chi connectivity index (χ4v) is 1.91. The largest absolute Gasteiger partial charge is 0.399 e. The van der Waals surface area contributed by atoms with Crippen LogP contribution in [0.5, 0.6) is 0 Å². The summed E-state index contributed by atoms with van der Waals surface area (Å²) < 4.78 is 5.34. The quantitative estimate of drug-likeness (QED) is 0.284. The van der Waals surface area contributed by atoms with Gasteiger partial charge in [0.2, 0.25) is 0 Å². The van der Waals surface area contributed by atoms with Crippen molar-refractivity contribution in [3.63, 3.8) is 0 Å². The smallest absolute Gasteiger partial charge is 0.129 e. The van der Waals surface area contributed by atoms with Gasteiger partial charge in [0.15, 0.2) is 0 Å². The number of benzene rings is 1. The summed E-state index contributed by atoms with van der Waals surface area (Å²) in [6.07, 6.45) is 4.13. The van der Waals surface area contributed by atoms with Gasteiger partial charge in [-0.15, -0.1) is 0 Å². The highest BCUT2D eigenvalue weighted by molar-refractivity contribution is 6.00. The molecule has 0 amide bonds. The molecule has 1 aromatic carbocycles. The van der Waals surface area contributed by atoms with Crippen molar-refractivity contribution < 1.29 is 9.57 Å². The van der Waals surface area contributed by atoms with Gasteiger partial charge in [0, 0.05) is 25.4 Å². The molecule has 0 atom stereocenters. The maximum atomic E-state index is 5.72. The third-order valence-corrected chi connectivity index (χ3v) is 3.03. The van der Waals surface area contributed by atoms with Crippen LogP contribution in [0.3, 0.4) is 0 Å². The van der Waals surface area contributed by atoms with Crippen molar-refractivity contribution >= 4 is 11.4 Å². The number of unbranched alkanes of at least 4 members (excludes halogenated alkanes) is 2. The van der Waals surface area contributed by atoms with Crippen molar-refractivity contribution in [1.82, 2.24) is 0 Å². The number of nitrogens with two attached hydrogens (primary N) is 2. The van der Waals surface area contributed by atoms with Crippen LogP contribution in [0.25, 0.3) is 0 Å². The van der Waals surface area contributed by atoms with E-state index in [9.17, 15) is 0 Å². The number of ether oxygens (including phenoxy) is 1. The van der Waals surface area contributed by atoms with Crippen LogP contribution in [0.2, 0.25) is 0 Å². The van der Waals surface area contributed by atoms with Crippen LogP contribution < -0.4 is 11.5 Å². The van der Waals surface area contributed by atoms with E-state index in [0.717, 1.165) is 55.9 Å². The van der Waals surface area contributed by atoms with Gasteiger partial charge in [-0.25, -0.2) is 0 Å². The summed E-state index contributed by atoms with van der Waals surface area (Å²) in [7, 11) is 0. The maximum Gasteiger partial charge on any atom is 0.129 e. The summed E-state index contributed by atoms with van der Waals surface area (Å²) in [5.41, 5.74) is 13.9. The maximum absolute atomic E-state index is 5.72. The van der Waals surface area contributed by atoms with Crippen molar-refractivity contribution in [2.75, 3.05) is 32.1 Å². The van der Waals surface area contributed by atoms with E-state index < -0.39 is 0 Å². The summed E-state index contributed by atoms with van der Waals surface area (Å²) in [4.78, 5) is 5.23. The molecular formula is C16H27N3O2. The molecule has 0 aromatic heterocycles. The number of anilines is 1. The molecule has 1 rings (SSSR count). The molecule has 0 aliphatic rings. The molecule has 0 saturated carbocycles. The Morgan fingerprint density at radius 3 is 2.52 bits per heavy atom. The van der Waals surface area contributed by atoms with Gasteiger partial charge in [-0.2, -0.15) is 0 Å². The molecule has 0 aliphatic heterocycles. The second-order valence-electron chi connectivity index (χ2n) is 4.79. The minimum absolute atomic E-state index is 0.433. The van der Waals surface area contributed by atoms with Crippen LogP contribution in [0.4, 0.5) is 5.69 Å². The van der Waals surface area contributed by atoms with Gasteiger partial charge in [0.05, 0.1) is 5.71 Å². The number of oxime groups is 1. The van der Waals surface area contributed by atoms with Crippen molar-refractivity contribution in [3.8, 4) is 0 Å². The minimum atomic E-state index is 0.433. The van der Waals surface area contributed by atoms with E-state index in [1.807, 2.05) is 31.2 Å². The molecule has 0 bridgehead atoms. The number of nitrogen functional groups attached to an aromatic ring is 1. The molecule has 21 heavy (non-hydrogen) atoms. The van der Waals surface area contributed by atoms with E-state index in [4.69, 9.17) is 21.0 Å². The van der Waals surface area contributed by atoms with Gasteiger partial charge in [0.1, 0.15) is 6.61 Å². The highest BCUT2D eigenvalue weighted by atomic mass is 16.6. The van der Waals surface area contributed by atoms with Crippen LogP contribution in [-0.2, 0) is 9.57 Å². The van der Waals surface area contributed by atoms with E-state index in [-0.39, 0.29) is 0 Å². The lowest BCUT2D eigenvalue weighted by Crippen LogP contribution is -2.08. The predicted molar refractivity (Wildman–Crippen MR) is 87.4 cm³/mol. The number of nitrogens with zero attached hydrogens (tertiary/aromatic N) is 1. The molecular weight excluding hydrogens is 266 g/mol. The average Bonchev–Trinajstić information content (AvgIpc) is 2.50. The third kappa shape index (κ3) is 7.68. The van der Waals surface area contributed by atoms with E-state index in [1.54, 1.807) is 0 Å². The average molecular weight is 293 g/mol. The highest BCUT2D eigenvalue weighted by Crippen LogP contribution is 2.12. The first kappa shape index (κ1) is 17.5. The van der Waals surface area contributed by atoms with Crippen LogP contribution in [-0.4, -0.2) is 32.1 Å². The van der Waals surface area contributed by atoms with Crippen molar-refractivity contribution in [1.29, 1.82) is 0 Å². The summed E-state index contributed by atoms with van der Waals surface area (Å²) in [5.74, 6) is 0. The monoisotopic (exact) mass is 293 g/mol. The van der Waals surface area contributed by atoms with Gasteiger partial charge in [-0.1, -0.05) is 23.7 Å². The Hall–Kier alpha value is -1.59. The van der Waals surface area contributed by atoms with Gasteiger partial charge in [-0.05, 0) is 43.9 Å². The minimum Gasteiger partial charge on any atom is -0.399 e. The lowest BCUT2D eigenvalue weighted by atomic mass is 10.0. The zero-order valence-electron chi connectivity index (χ0n) is 12.9. The van der Waals surface area contributed by atoms with E-state index in [1.165, 1.54) is 0 Å². The Labute approximate surface area is 127 Å². The van der Waals surface area contributed by atoms with Crippen LogP contribution >= 0.6 is 0 Å². The normalized spacial score (nSPS) is 11.6. The Balaban J connectivity index is 2.49. The SMILES string of the molecule is CCOCCCCCC(=NOCCN)c1ccc(N)cc1. The zero-order valence-corrected chi connectivity index (χ0v) is 12.9. The first-order valence-electron chi connectivity index (χ1n) is 7.60. The lowest BCUT2D eigenvalue weighted by Gasteiger charge is -2.08. The molecule has 0 spiro atoms. The second kappa shape index (κ2) is 11.1. The summed E-state index contributed by atoms with van der Waals surface area (Å²) >= 11 is 0. The molecule has 4 N–H and O–H groups in total. The number of hydrogen-bond donors (Lipinski definition) is 2. The molecule has 5 heteroatoms. The molecule has 1 aromatic rings. The Kier molecular flexibility index (Phi) is 9.24. The molecule has 0 saturated heterocycles. The molecule has 0 aliphatic carbocycles. The summed E-state index contributed by atoms with van der Waals surface area (Å²) in [6.45, 7) is 4.52. The van der Waals surface area contributed by atoms with Crippen molar-refractivity contribution in [2.45, 2.75) is 32.6 Å². The van der Waals surface area contributed by atoms with E-state index in [2.05, 4.69) is 5.16 Å². The second-order valence-corrected chi connectivity index (χ2v) is 4.79. The Bertz CT molecular complexity index is 404. The molecule has 0 radical (unpaired) electrons. The Morgan fingerprint density at radius 1 is 1.10 bits per heavy atom.